The average molecular weight is 521 g/mol. The first-order valence-electron chi connectivity index (χ1n) is 9.23. The maximum Gasteiger partial charge on any atom is 0.215 e. The van der Waals surface area contributed by atoms with Crippen molar-refractivity contribution in [2.45, 2.75) is 20.3 Å². The van der Waals surface area contributed by atoms with Crippen molar-refractivity contribution < 1.29 is 13.2 Å². The van der Waals surface area contributed by atoms with E-state index >= 15 is 0 Å². The Kier molecular flexibility index (Phi) is 11.8. The van der Waals surface area contributed by atoms with E-state index in [2.05, 4.69) is 15.2 Å². The zero-order valence-electron chi connectivity index (χ0n) is 15.9. The second kappa shape index (κ2) is 12.6. The highest BCUT2D eigenvalue weighted by Gasteiger charge is 2.26. The summed E-state index contributed by atoms with van der Waals surface area (Å²) in [6.07, 6.45) is 1.09. The molecule has 2 aliphatic rings. The molecule has 1 atom stereocenters. The number of rotatable bonds is 8. The maximum atomic E-state index is 12.4. The smallest absolute Gasteiger partial charge is 0.215 e. The van der Waals surface area contributed by atoms with Gasteiger partial charge in [0.2, 0.25) is 10.0 Å². The van der Waals surface area contributed by atoms with E-state index in [0.29, 0.717) is 25.6 Å². The fourth-order valence-corrected chi connectivity index (χ4v) is 5.55. The van der Waals surface area contributed by atoms with Crippen LogP contribution in [-0.2, 0) is 14.8 Å². The summed E-state index contributed by atoms with van der Waals surface area (Å²) < 4.78 is 32.0. The van der Waals surface area contributed by atoms with Gasteiger partial charge in [0.1, 0.15) is 0 Å². The number of hydrogen-bond donors (Lipinski definition) is 1. The van der Waals surface area contributed by atoms with Crippen LogP contribution in [0.25, 0.3) is 0 Å². The Labute approximate surface area is 179 Å². The highest BCUT2D eigenvalue weighted by Crippen LogP contribution is 2.17. The molecule has 0 aromatic rings. The van der Waals surface area contributed by atoms with Crippen LogP contribution < -0.4 is 5.32 Å². The highest BCUT2D eigenvalue weighted by atomic mass is 127. The fraction of sp³-hybridized carbons (Fsp3) is 0.938. The number of guanidine groups is 1. The summed E-state index contributed by atoms with van der Waals surface area (Å²) in [7, 11) is -3.19. The third-order valence-electron chi connectivity index (χ3n) is 4.45. The maximum absolute atomic E-state index is 12.4. The van der Waals surface area contributed by atoms with Gasteiger partial charge in [-0.15, -0.1) is 24.0 Å². The summed E-state index contributed by atoms with van der Waals surface area (Å²) in [6, 6.07) is 0. The summed E-state index contributed by atoms with van der Waals surface area (Å²) in [6.45, 7) is 9.78. The van der Waals surface area contributed by atoms with Crippen molar-refractivity contribution >= 4 is 51.7 Å². The molecule has 0 aromatic carbocycles. The number of nitrogens with one attached hydrogen (secondary N) is 1. The van der Waals surface area contributed by atoms with Gasteiger partial charge in [0.15, 0.2) is 5.96 Å². The lowest BCUT2D eigenvalue weighted by atomic mass is 10.1. The molecule has 1 N–H and O–H groups in total. The zero-order chi connectivity index (χ0) is 18.1. The Morgan fingerprint density at radius 3 is 2.65 bits per heavy atom. The second-order valence-corrected chi connectivity index (χ2v) is 9.64. The summed E-state index contributed by atoms with van der Waals surface area (Å²) in [5, 5.41) is 3.29. The first-order chi connectivity index (χ1) is 12.1. The van der Waals surface area contributed by atoms with Gasteiger partial charge in [0.25, 0.3) is 0 Å². The Balaban J connectivity index is 0.00000338. The molecule has 26 heavy (non-hydrogen) atoms. The molecule has 0 spiro atoms. The molecule has 0 saturated carbocycles. The first kappa shape index (κ1) is 24.3. The van der Waals surface area contributed by atoms with E-state index in [0.717, 1.165) is 56.7 Å². The molecule has 0 aliphatic carbocycles. The van der Waals surface area contributed by atoms with Crippen molar-refractivity contribution in [1.82, 2.24) is 14.5 Å². The van der Waals surface area contributed by atoms with E-state index in [9.17, 15) is 8.42 Å². The molecule has 7 nitrogen and oxygen atoms in total. The molecule has 2 fully saturated rings. The highest BCUT2D eigenvalue weighted by molar-refractivity contribution is 14.0. The quantitative estimate of drug-likeness (QED) is 0.296. The van der Waals surface area contributed by atoms with Gasteiger partial charge in [-0.05, 0) is 20.3 Å². The monoisotopic (exact) mass is 520 g/mol. The van der Waals surface area contributed by atoms with Crippen LogP contribution in [0.4, 0.5) is 0 Å². The third kappa shape index (κ3) is 7.69. The van der Waals surface area contributed by atoms with E-state index in [1.165, 1.54) is 0 Å². The van der Waals surface area contributed by atoms with Gasteiger partial charge < -0.3 is 15.0 Å². The lowest BCUT2D eigenvalue weighted by molar-refractivity contribution is 0.114. The molecule has 0 amide bonds. The SMILES string of the molecule is CCNC(=NCCS(=O)(=O)N1CCSCC1)N1CCC(COCC)C1.I. The molecule has 154 valence electrons. The Morgan fingerprint density at radius 1 is 1.27 bits per heavy atom. The van der Waals surface area contributed by atoms with Gasteiger partial charge in [-0.25, -0.2) is 12.7 Å². The van der Waals surface area contributed by atoms with E-state index in [-0.39, 0.29) is 29.7 Å². The lowest BCUT2D eigenvalue weighted by Gasteiger charge is -2.25. The predicted molar refractivity (Wildman–Crippen MR) is 120 cm³/mol. The number of ether oxygens (including phenoxy) is 1. The van der Waals surface area contributed by atoms with Crippen LogP contribution in [0.2, 0.25) is 0 Å². The van der Waals surface area contributed by atoms with Gasteiger partial charge in [0.05, 0.1) is 18.9 Å². The molecule has 2 saturated heterocycles. The van der Waals surface area contributed by atoms with E-state index < -0.39 is 10.0 Å². The van der Waals surface area contributed by atoms with Crippen LogP contribution in [-0.4, -0.2) is 93.3 Å². The third-order valence-corrected chi connectivity index (χ3v) is 7.25. The van der Waals surface area contributed by atoms with Gasteiger partial charge in [-0.2, -0.15) is 11.8 Å². The molecule has 0 radical (unpaired) electrons. The topological polar surface area (TPSA) is 74.2 Å². The average Bonchev–Trinajstić information content (AvgIpc) is 3.09. The van der Waals surface area contributed by atoms with Crippen LogP contribution in [0, 0.1) is 5.92 Å². The summed E-state index contributed by atoms with van der Waals surface area (Å²) >= 11 is 1.81. The molecule has 2 heterocycles. The molecule has 0 bridgehead atoms. The van der Waals surface area contributed by atoms with E-state index in [4.69, 9.17) is 4.74 Å². The summed E-state index contributed by atoms with van der Waals surface area (Å²) in [5.41, 5.74) is 0. The summed E-state index contributed by atoms with van der Waals surface area (Å²) in [4.78, 5) is 6.79. The van der Waals surface area contributed by atoms with Gasteiger partial charge in [-0.1, -0.05) is 0 Å². The minimum Gasteiger partial charge on any atom is -0.381 e. The molecule has 2 rings (SSSR count). The molecular formula is C16H33IN4O3S2. The van der Waals surface area contributed by atoms with Crippen molar-refractivity contribution in [2.75, 3.05) is 69.7 Å². The number of sulfonamides is 1. The van der Waals surface area contributed by atoms with Crippen LogP contribution in [0.15, 0.2) is 4.99 Å². The number of aliphatic imine (C=N–C) groups is 1. The lowest BCUT2D eigenvalue weighted by Crippen LogP contribution is -2.42. The van der Waals surface area contributed by atoms with Crippen LogP contribution >= 0.6 is 35.7 Å². The van der Waals surface area contributed by atoms with E-state index in [1.807, 2.05) is 25.6 Å². The van der Waals surface area contributed by atoms with Crippen LogP contribution in [0.5, 0.6) is 0 Å². The Morgan fingerprint density at radius 2 is 2.00 bits per heavy atom. The number of halogens is 1. The van der Waals surface area contributed by atoms with Crippen molar-refractivity contribution in [1.29, 1.82) is 0 Å². The fourth-order valence-electron chi connectivity index (χ4n) is 3.09. The van der Waals surface area contributed by atoms with Gasteiger partial charge in [0, 0.05) is 56.8 Å². The van der Waals surface area contributed by atoms with Gasteiger partial charge >= 0.3 is 0 Å². The standard InChI is InChI=1S/C16H32N4O3S2.HI/c1-3-17-16(19-7-5-15(13-19)14-23-4-2)18-6-12-25(21,22)20-8-10-24-11-9-20;/h15H,3-14H2,1-2H3,(H,17,18);1H. The Hall–Kier alpha value is 0.220. The number of thioether (sulfide) groups is 1. The van der Waals surface area contributed by atoms with Crippen LogP contribution in [0.1, 0.15) is 20.3 Å². The molecule has 1 unspecified atom stereocenters. The second-order valence-electron chi connectivity index (χ2n) is 6.32. The number of hydrogen-bond acceptors (Lipinski definition) is 5. The van der Waals surface area contributed by atoms with Gasteiger partial charge in [-0.3, -0.25) is 4.99 Å². The zero-order valence-corrected chi connectivity index (χ0v) is 19.8. The minimum absolute atomic E-state index is 0. The largest absolute Gasteiger partial charge is 0.381 e. The molecule has 10 heteroatoms. The number of likely N-dealkylation sites (tertiary alicyclic amines) is 1. The van der Waals surface area contributed by atoms with Crippen molar-refractivity contribution in [2.24, 2.45) is 10.9 Å². The molecule has 2 aliphatic heterocycles. The van der Waals surface area contributed by atoms with Crippen LogP contribution in [0.3, 0.4) is 0 Å². The summed E-state index contributed by atoms with van der Waals surface area (Å²) in [5.74, 6) is 3.22. The van der Waals surface area contributed by atoms with E-state index in [1.54, 1.807) is 4.31 Å². The Bertz CT molecular complexity index is 528. The molecule has 0 aromatic heterocycles. The predicted octanol–water partition coefficient (Wildman–Crippen LogP) is 1.31. The van der Waals surface area contributed by atoms with Crippen molar-refractivity contribution in [3.63, 3.8) is 0 Å². The number of nitrogens with zero attached hydrogens (tertiary/aromatic N) is 3. The first-order valence-corrected chi connectivity index (χ1v) is 12.0. The minimum atomic E-state index is -3.19. The van der Waals surface area contributed by atoms with Crippen molar-refractivity contribution in [3.05, 3.63) is 0 Å². The molecular weight excluding hydrogens is 487 g/mol. The normalized spacial score (nSPS) is 22.3. The van der Waals surface area contributed by atoms with Crippen molar-refractivity contribution in [3.8, 4) is 0 Å².